The number of carbonyl (C=O) groups excluding carboxylic acids is 3. The molecule has 0 spiro atoms. The van der Waals surface area contributed by atoms with E-state index in [1.54, 1.807) is 41.3 Å². The molecule has 0 radical (unpaired) electrons. The first-order chi connectivity index (χ1) is 12.1. The zero-order chi connectivity index (χ0) is 17.8. The molecule has 1 unspecified atom stereocenters. The quantitative estimate of drug-likeness (QED) is 0.811. The highest BCUT2D eigenvalue weighted by molar-refractivity contribution is 5.99. The second-order valence-electron chi connectivity index (χ2n) is 5.58. The van der Waals surface area contributed by atoms with Gasteiger partial charge in [0.25, 0.3) is 5.91 Å². The fourth-order valence-corrected chi connectivity index (χ4v) is 2.75. The number of carbonyl (C=O) groups is 3. The number of rotatable bonds is 4. The van der Waals surface area contributed by atoms with E-state index in [-0.39, 0.29) is 18.2 Å². The Morgan fingerprint density at radius 3 is 2.72 bits per heavy atom. The van der Waals surface area contributed by atoms with Gasteiger partial charge < -0.3 is 15.0 Å². The zero-order valence-corrected chi connectivity index (χ0v) is 13.7. The summed E-state index contributed by atoms with van der Waals surface area (Å²) in [6.07, 6.45) is 3.31. The first-order valence-electron chi connectivity index (χ1n) is 7.85. The fraction of sp³-hybridized carbons (Fsp3) is 0.294. The number of amides is 2. The predicted molar refractivity (Wildman–Crippen MR) is 88.0 cm³/mol. The molecule has 8 nitrogen and oxygen atoms in total. The molecule has 0 bridgehead atoms. The van der Waals surface area contributed by atoms with Crippen molar-refractivity contribution in [2.75, 3.05) is 20.2 Å². The minimum absolute atomic E-state index is 0.167. The molecule has 2 amide bonds. The lowest BCUT2D eigenvalue weighted by molar-refractivity contribution is -0.145. The van der Waals surface area contributed by atoms with E-state index in [9.17, 15) is 14.4 Å². The molecule has 1 saturated heterocycles. The number of hydrogen-bond acceptors (Lipinski definition) is 5. The number of nitrogens with one attached hydrogen (secondary N) is 1. The van der Waals surface area contributed by atoms with Crippen LogP contribution in [0.15, 0.2) is 42.7 Å². The van der Waals surface area contributed by atoms with Crippen molar-refractivity contribution in [1.29, 1.82) is 0 Å². The molecular formula is C17H18N4O4. The van der Waals surface area contributed by atoms with Gasteiger partial charge >= 0.3 is 5.97 Å². The lowest BCUT2D eigenvalue weighted by Gasteiger charge is -2.34. The van der Waals surface area contributed by atoms with Gasteiger partial charge in [0.05, 0.1) is 19.2 Å². The average Bonchev–Trinajstić information content (AvgIpc) is 3.17. The lowest BCUT2D eigenvalue weighted by atomic mass is 10.1. The molecule has 1 aromatic carbocycles. The van der Waals surface area contributed by atoms with Gasteiger partial charge in [0.2, 0.25) is 5.91 Å². The molecule has 0 saturated carbocycles. The van der Waals surface area contributed by atoms with E-state index in [0.29, 0.717) is 18.7 Å². The van der Waals surface area contributed by atoms with Crippen LogP contribution in [0.1, 0.15) is 16.8 Å². The summed E-state index contributed by atoms with van der Waals surface area (Å²) < 4.78 is 6.31. The number of ether oxygens (including phenoxy) is 1. The largest absolute Gasteiger partial charge is 0.469 e. The van der Waals surface area contributed by atoms with E-state index in [0.717, 1.165) is 5.69 Å². The highest BCUT2D eigenvalue weighted by atomic mass is 16.5. The topological polar surface area (TPSA) is 93.5 Å². The van der Waals surface area contributed by atoms with Crippen molar-refractivity contribution in [3.05, 3.63) is 48.3 Å². The maximum absolute atomic E-state index is 12.8. The van der Waals surface area contributed by atoms with E-state index in [1.165, 1.54) is 12.0 Å². The summed E-state index contributed by atoms with van der Waals surface area (Å²) in [6, 6.07) is 7.86. The van der Waals surface area contributed by atoms with Gasteiger partial charge in [0, 0.05) is 31.0 Å². The van der Waals surface area contributed by atoms with Crippen LogP contribution in [0.2, 0.25) is 0 Å². The minimum atomic E-state index is -0.862. The number of piperazine rings is 1. The van der Waals surface area contributed by atoms with E-state index in [4.69, 9.17) is 0 Å². The summed E-state index contributed by atoms with van der Waals surface area (Å²) in [7, 11) is 1.25. The van der Waals surface area contributed by atoms with Gasteiger partial charge in [0.15, 0.2) is 0 Å². The van der Waals surface area contributed by atoms with E-state index < -0.39 is 12.0 Å². The predicted octanol–water partition coefficient (Wildman–Crippen LogP) is 0.376. The summed E-state index contributed by atoms with van der Waals surface area (Å²) in [5, 5.41) is 6.81. The Balaban J connectivity index is 1.80. The Bertz CT molecular complexity index is 770. The van der Waals surface area contributed by atoms with Gasteiger partial charge in [-0.1, -0.05) is 0 Å². The fourth-order valence-electron chi connectivity index (χ4n) is 2.75. The third-order valence-corrected chi connectivity index (χ3v) is 4.06. The van der Waals surface area contributed by atoms with Crippen molar-refractivity contribution >= 4 is 17.8 Å². The zero-order valence-electron chi connectivity index (χ0n) is 13.7. The van der Waals surface area contributed by atoms with Crippen molar-refractivity contribution in [3.63, 3.8) is 0 Å². The summed E-state index contributed by atoms with van der Waals surface area (Å²) in [5.74, 6) is -1.18. The molecule has 1 fully saturated rings. The minimum Gasteiger partial charge on any atom is -0.469 e. The molecule has 1 aromatic heterocycles. The number of benzene rings is 1. The van der Waals surface area contributed by atoms with E-state index in [1.807, 2.05) is 6.07 Å². The van der Waals surface area contributed by atoms with Crippen LogP contribution < -0.4 is 5.32 Å². The molecule has 2 aromatic rings. The lowest BCUT2D eigenvalue weighted by Crippen LogP contribution is -2.57. The van der Waals surface area contributed by atoms with Gasteiger partial charge in [-0.3, -0.25) is 14.4 Å². The third-order valence-electron chi connectivity index (χ3n) is 4.06. The number of nitrogens with zero attached hydrogens (tertiary/aromatic N) is 3. The highest BCUT2D eigenvalue weighted by Crippen LogP contribution is 2.16. The van der Waals surface area contributed by atoms with Crippen molar-refractivity contribution in [3.8, 4) is 5.69 Å². The summed E-state index contributed by atoms with van der Waals surface area (Å²) in [4.78, 5) is 37.8. The number of aromatic nitrogens is 2. The third kappa shape index (κ3) is 3.52. The van der Waals surface area contributed by atoms with Crippen LogP contribution in [0.4, 0.5) is 0 Å². The molecule has 2 heterocycles. The molecule has 1 aliphatic rings. The second-order valence-corrected chi connectivity index (χ2v) is 5.58. The summed E-state index contributed by atoms with van der Waals surface area (Å²) in [5.41, 5.74) is 1.27. The van der Waals surface area contributed by atoms with Crippen LogP contribution in [-0.2, 0) is 14.3 Å². The van der Waals surface area contributed by atoms with Crippen LogP contribution in [0.25, 0.3) is 5.69 Å². The summed E-state index contributed by atoms with van der Waals surface area (Å²) >= 11 is 0. The van der Waals surface area contributed by atoms with Crippen LogP contribution >= 0.6 is 0 Å². The van der Waals surface area contributed by atoms with Crippen LogP contribution in [0.3, 0.4) is 0 Å². The normalized spacial score (nSPS) is 17.1. The molecule has 1 atom stereocenters. The van der Waals surface area contributed by atoms with Gasteiger partial charge in [-0.05, 0) is 30.3 Å². The van der Waals surface area contributed by atoms with Crippen LogP contribution in [0.5, 0.6) is 0 Å². The van der Waals surface area contributed by atoms with E-state index in [2.05, 4.69) is 15.2 Å². The van der Waals surface area contributed by atoms with Crippen LogP contribution in [0, 0.1) is 0 Å². The molecule has 1 aliphatic heterocycles. The SMILES string of the molecule is COC(=O)CC1C(=O)NCCN1C(=O)c1ccc(-n2cccn2)cc1. The Hall–Kier alpha value is -3.16. The van der Waals surface area contributed by atoms with Gasteiger partial charge in [-0.2, -0.15) is 5.10 Å². The standard InChI is InChI=1S/C17H18N4O4/c1-25-15(22)11-14-16(23)18-8-10-20(14)17(24)12-3-5-13(6-4-12)21-9-2-7-19-21/h2-7,9,14H,8,10-11H2,1H3,(H,18,23). The monoisotopic (exact) mass is 342 g/mol. The Labute approximate surface area is 144 Å². The molecule has 3 rings (SSSR count). The number of esters is 1. The summed E-state index contributed by atoms with van der Waals surface area (Å²) in [6.45, 7) is 0.695. The average molecular weight is 342 g/mol. The van der Waals surface area contributed by atoms with E-state index >= 15 is 0 Å². The molecular weight excluding hydrogens is 324 g/mol. The highest BCUT2D eigenvalue weighted by Gasteiger charge is 2.35. The van der Waals surface area contributed by atoms with Gasteiger partial charge in [-0.15, -0.1) is 0 Å². The maximum Gasteiger partial charge on any atom is 0.308 e. The first-order valence-corrected chi connectivity index (χ1v) is 7.85. The molecule has 130 valence electrons. The Kier molecular flexibility index (Phi) is 4.78. The molecule has 0 aliphatic carbocycles. The molecule has 1 N–H and O–H groups in total. The van der Waals surface area contributed by atoms with Gasteiger partial charge in [-0.25, -0.2) is 4.68 Å². The number of hydrogen-bond donors (Lipinski definition) is 1. The Morgan fingerprint density at radius 2 is 2.08 bits per heavy atom. The van der Waals surface area contributed by atoms with Crippen molar-refractivity contribution < 1.29 is 19.1 Å². The number of methoxy groups -OCH3 is 1. The maximum atomic E-state index is 12.8. The van der Waals surface area contributed by atoms with Crippen molar-refractivity contribution in [2.24, 2.45) is 0 Å². The second kappa shape index (κ2) is 7.16. The Morgan fingerprint density at radius 1 is 1.32 bits per heavy atom. The van der Waals surface area contributed by atoms with Crippen molar-refractivity contribution in [2.45, 2.75) is 12.5 Å². The molecule has 8 heteroatoms. The first kappa shape index (κ1) is 16.7. The van der Waals surface area contributed by atoms with Gasteiger partial charge in [0.1, 0.15) is 6.04 Å². The molecule has 25 heavy (non-hydrogen) atoms. The van der Waals surface area contributed by atoms with Crippen LogP contribution in [-0.4, -0.2) is 58.7 Å². The smallest absolute Gasteiger partial charge is 0.308 e. The van der Waals surface area contributed by atoms with Crippen molar-refractivity contribution in [1.82, 2.24) is 20.0 Å².